The minimum Gasteiger partial charge on any atom is -0.382 e. The molecule has 0 radical (unpaired) electrons. The molecule has 3 N–H and O–H groups in total. The Balaban J connectivity index is 1.67. The lowest BCUT2D eigenvalue weighted by molar-refractivity contribution is -0.131. The molecule has 25 heavy (non-hydrogen) atoms. The molecule has 1 aliphatic heterocycles. The molecule has 2 aromatic rings. The Morgan fingerprint density at radius 2 is 2.04 bits per heavy atom. The molecule has 3 amide bonds. The molecule has 1 aromatic heterocycles. The summed E-state index contributed by atoms with van der Waals surface area (Å²) in [6.07, 6.45) is 2.65. The van der Waals surface area contributed by atoms with Crippen LogP contribution in [-0.2, 0) is 9.63 Å². The average molecular weight is 360 g/mol. The van der Waals surface area contributed by atoms with Crippen LogP contribution in [0.3, 0.4) is 0 Å². The number of benzene rings is 1. The SMILES string of the molecule is NC(=O)N(NC(=O)C1CC(c2cccnc2)=NO1)c1ccc(Cl)cc1. The summed E-state index contributed by atoms with van der Waals surface area (Å²) < 4.78 is 0. The van der Waals surface area contributed by atoms with Gasteiger partial charge < -0.3 is 10.6 Å². The first-order chi connectivity index (χ1) is 12.0. The van der Waals surface area contributed by atoms with Gasteiger partial charge in [0.05, 0.1) is 11.4 Å². The lowest BCUT2D eigenvalue weighted by Crippen LogP contribution is -2.52. The number of pyridine rings is 1. The third-order valence-electron chi connectivity index (χ3n) is 3.48. The fourth-order valence-corrected chi connectivity index (χ4v) is 2.37. The molecule has 1 aliphatic rings. The van der Waals surface area contributed by atoms with Crippen LogP contribution in [0.4, 0.5) is 10.5 Å². The molecule has 3 rings (SSSR count). The number of nitrogens with zero attached hydrogens (tertiary/aromatic N) is 3. The minimum atomic E-state index is -0.871. The topological polar surface area (TPSA) is 110 Å². The van der Waals surface area contributed by atoms with Gasteiger partial charge >= 0.3 is 6.03 Å². The van der Waals surface area contributed by atoms with Gasteiger partial charge in [0.25, 0.3) is 5.91 Å². The molecule has 1 atom stereocenters. The summed E-state index contributed by atoms with van der Waals surface area (Å²) in [6.45, 7) is 0. The molecule has 0 saturated heterocycles. The number of hydrazine groups is 1. The van der Waals surface area contributed by atoms with E-state index in [9.17, 15) is 9.59 Å². The highest BCUT2D eigenvalue weighted by Gasteiger charge is 2.31. The van der Waals surface area contributed by atoms with E-state index < -0.39 is 18.0 Å². The lowest BCUT2D eigenvalue weighted by atomic mass is 10.1. The lowest BCUT2D eigenvalue weighted by Gasteiger charge is -2.22. The molecule has 0 fully saturated rings. The van der Waals surface area contributed by atoms with Crippen LogP contribution in [-0.4, -0.2) is 28.7 Å². The number of carbonyl (C=O) groups is 2. The Bertz CT molecular complexity index is 810. The summed E-state index contributed by atoms with van der Waals surface area (Å²) in [7, 11) is 0. The number of oxime groups is 1. The van der Waals surface area contributed by atoms with Gasteiger partial charge in [-0.25, -0.2) is 9.80 Å². The van der Waals surface area contributed by atoms with Crippen molar-refractivity contribution in [3.8, 4) is 0 Å². The van der Waals surface area contributed by atoms with E-state index in [0.29, 0.717) is 16.4 Å². The number of rotatable bonds is 3. The number of urea groups is 1. The van der Waals surface area contributed by atoms with Crippen molar-refractivity contribution in [1.82, 2.24) is 10.4 Å². The predicted octanol–water partition coefficient (Wildman–Crippen LogP) is 1.84. The number of primary amides is 1. The summed E-state index contributed by atoms with van der Waals surface area (Å²) in [5, 5.41) is 5.32. The van der Waals surface area contributed by atoms with E-state index in [1.165, 1.54) is 0 Å². The van der Waals surface area contributed by atoms with Gasteiger partial charge in [-0.1, -0.05) is 16.8 Å². The standard InChI is InChI=1S/C16H14ClN5O3/c17-11-3-5-12(6-4-11)22(16(18)24)20-15(23)14-8-13(21-25-14)10-2-1-7-19-9-10/h1-7,9,14H,8H2,(H2,18,24)(H,20,23). The molecule has 9 heteroatoms. The molecule has 0 saturated carbocycles. The number of nitrogens with two attached hydrogens (primary N) is 1. The van der Waals surface area contributed by atoms with E-state index in [0.717, 1.165) is 10.6 Å². The molecule has 0 spiro atoms. The first kappa shape index (κ1) is 16.7. The first-order valence-electron chi connectivity index (χ1n) is 7.33. The average Bonchev–Trinajstić information content (AvgIpc) is 3.11. The number of halogens is 1. The highest BCUT2D eigenvalue weighted by atomic mass is 35.5. The number of hydrogen-bond donors (Lipinski definition) is 2. The summed E-state index contributed by atoms with van der Waals surface area (Å²) in [6, 6.07) is 9.01. The summed E-state index contributed by atoms with van der Waals surface area (Å²) >= 11 is 5.82. The smallest absolute Gasteiger partial charge is 0.338 e. The van der Waals surface area contributed by atoms with Crippen molar-refractivity contribution < 1.29 is 14.4 Å². The highest BCUT2D eigenvalue weighted by Crippen LogP contribution is 2.19. The van der Waals surface area contributed by atoms with Gasteiger partial charge in [0, 0.05) is 29.4 Å². The Kier molecular flexibility index (Phi) is 4.80. The second-order valence-electron chi connectivity index (χ2n) is 5.20. The van der Waals surface area contributed by atoms with Crippen molar-refractivity contribution >= 4 is 34.9 Å². The maximum Gasteiger partial charge on any atom is 0.338 e. The van der Waals surface area contributed by atoms with Gasteiger partial charge in [0.1, 0.15) is 0 Å². The first-order valence-corrected chi connectivity index (χ1v) is 7.71. The molecule has 0 bridgehead atoms. The van der Waals surface area contributed by atoms with Crippen molar-refractivity contribution in [3.63, 3.8) is 0 Å². The van der Waals surface area contributed by atoms with Gasteiger partial charge in [0.15, 0.2) is 0 Å². The number of amides is 3. The van der Waals surface area contributed by atoms with Crippen LogP contribution in [0, 0.1) is 0 Å². The molecule has 1 aromatic carbocycles. The van der Waals surface area contributed by atoms with E-state index in [1.54, 1.807) is 42.7 Å². The second kappa shape index (κ2) is 7.18. The number of hydrogen-bond acceptors (Lipinski definition) is 5. The number of aromatic nitrogens is 1. The summed E-state index contributed by atoms with van der Waals surface area (Å²) in [5.41, 5.74) is 9.50. The normalized spacial score (nSPS) is 15.9. The van der Waals surface area contributed by atoms with Crippen LogP contribution < -0.4 is 16.2 Å². The Morgan fingerprint density at radius 3 is 2.68 bits per heavy atom. The van der Waals surface area contributed by atoms with E-state index >= 15 is 0 Å². The van der Waals surface area contributed by atoms with Gasteiger partial charge in [-0.2, -0.15) is 0 Å². The van der Waals surface area contributed by atoms with Crippen LogP contribution in [0.5, 0.6) is 0 Å². The van der Waals surface area contributed by atoms with Crippen LogP contribution in [0.1, 0.15) is 12.0 Å². The van der Waals surface area contributed by atoms with E-state index in [1.807, 2.05) is 6.07 Å². The summed E-state index contributed by atoms with van der Waals surface area (Å²) in [5.74, 6) is -0.545. The van der Waals surface area contributed by atoms with Gasteiger partial charge in [-0.3, -0.25) is 15.2 Å². The van der Waals surface area contributed by atoms with Gasteiger partial charge in [0.2, 0.25) is 6.10 Å². The molecule has 2 heterocycles. The zero-order valence-corrected chi connectivity index (χ0v) is 13.7. The molecular weight excluding hydrogens is 346 g/mol. The third-order valence-corrected chi connectivity index (χ3v) is 3.74. The highest BCUT2D eigenvalue weighted by molar-refractivity contribution is 6.30. The fourth-order valence-electron chi connectivity index (χ4n) is 2.24. The second-order valence-corrected chi connectivity index (χ2v) is 5.64. The van der Waals surface area contributed by atoms with Crippen LogP contribution >= 0.6 is 11.6 Å². The molecule has 0 aliphatic carbocycles. The van der Waals surface area contributed by atoms with Crippen LogP contribution in [0.2, 0.25) is 5.02 Å². The van der Waals surface area contributed by atoms with Crippen molar-refractivity contribution in [2.45, 2.75) is 12.5 Å². The number of carbonyl (C=O) groups excluding carboxylic acids is 2. The minimum absolute atomic E-state index is 0.255. The van der Waals surface area contributed by atoms with Crippen molar-refractivity contribution in [2.24, 2.45) is 10.9 Å². The van der Waals surface area contributed by atoms with Gasteiger partial charge in [-0.05, 0) is 36.4 Å². The van der Waals surface area contributed by atoms with Crippen LogP contribution in [0.15, 0.2) is 53.9 Å². The fraction of sp³-hybridized carbons (Fsp3) is 0.125. The van der Waals surface area contributed by atoms with E-state index in [2.05, 4.69) is 15.6 Å². The molecule has 1 unspecified atom stereocenters. The van der Waals surface area contributed by atoms with Crippen molar-refractivity contribution in [3.05, 3.63) is 59.4 Å². The third kappa shape index (κ3) is 3.86. The predicted molar refractivity (Wildman–Crippen MR) is 91.9 cm³/mol. The Morgan fingerprint density at radius 1 is 1.28 bits per heavy atom. The largest absolute Gasteiger partial charge is 0.382 e. The molecule has 8 nitrogen and oxygen atoms in total. The van der Waals surface area contributed by atoms with E-state index in [-0.39, 0.29) is 6.42 Å². The Labute approximate surface area is 148 Å². The van der Waals surface area contributed by atoms with Gasteiger partial charge in [-0.15, -0.1) is 0 Å². The quantitative estimate of drug-likeness (QED) is 0.814. The number of nitrogens with one attached hydrogen (secondary N) is 1. The maximum absolute atomic E-state index is 12.4. The zero-order valence-electron chi connectivity index (χ0n) is 12.9. The summed E-state index contributed by atoms with van der Waals surface area (Å²) in [4.78, 5) is 33.2. The van der Waals surface area contributed by atoms with Crippen molar-refractivity contribution in [2.75, 3.05) is 5.01 Å². The molecule has 128 valence electrons. The molecular formula is C16H14ClN5O3. The van der Waals surface area contributed by atoms with E-state index in [4.69, 9.17) is 22.2 Å². The maximum atomic E-state index is 12.4. The zero-order chi connectivity index (χ0) is 17.8. The Hall–Kier alpha value is -3.13. The number of anilines is 1. The monoisotopic (exact) mass is 359 g/mol. The van der Waals surface area contributed by atoms with Crippen molar-refractivity contribution in [1.29, 1.82) is 0 Å². The van der Waals surface area contributed by atoms with Crippen LogP contribution in [0.25, 0.3) is 0 Å².